The van der Waals surface area contributed by atoms with Crippen LogP contribution in [0.25, 0.3) is 16.9 Å². The van der Waals surface area contributed by atoms with E-state index in [9.17, 15) is 0 Å². The first-order chi connectivity index (χ1) is 15.1. The van der Waals surface area contributed by atoms with Crippen LogP contribution in [-0.2, 0) is 6.54 Å². The molecular formula is C25H27N5O. The number of aryl methyl sites for hydroxylation is 2. The summed E-state index contributed by atoms with van der Waals surface area (Å²) in [7, 11) is 1.75. The molecule has 0 radical (unpaired) electrons. The molecule has 1 aromatic carbocycles. The summed E-state index contributed by atoms with van der Waals surface area (Å²) in [5.74, 6) is 1.75. The van der Waals surface area contributed by atoms with Gasteiger partial charge in [0.15, 0.2) is 11.5 Å². The minimum atomic E-state index is 0.280. The van der Waals surface area contributed by atoms with E-state index >= 15 is 0 Å². The molecular weight excluding hydrogens is 386 g/mol. The highest BCUT2D eigenvalue weighted by atomic mass is 16.5. The minimum absolute atomic E-state index is 0.280. The Morgan fingerprint density at radius 3 is 2.81 bits per heavy atom. The van der Waals surface area contributed by atoms with Crippen LogP contribution >= 0.6 is 0 Å². The number of hydrogen-bond donors (Lipinski definition) is 0. The number of fused-ring (bicyclic) bond motifs is 1. The number of hydrogen-bond acceptors (Lipinski definition) is 5. The molecule has 4 aromatic rings. The van der Waals surface area contributed by atoms with Crippen molar-refractivity contribution >= 4 is 11.0 Å². The van der Waals surface area contributed by atoms with Gasteiger partial charge in [0.25, 0.3) is 0 Å². The molecule has 6 nitrogen and oxygen atoms in total. The van der Waals surface area contributed by atoms with Gasteiger partial charge in [0.2, 0.25) is 0 Å². The number of aromatic nitrogens is 4. The first-order valence-corrected chi connectivity index (χ1v) is 10.8. The lowest BCUT2D eigenvalue weighted by atomic mass is 10.1. The fraction of sp³-hybridized carbons (Fsp3) is 0.320. The Kier molecular flexibility index (Phi) is 5.16. The molecule has 1 fully saturated rings. The molecule has 6 heteroatoms. The molecule has 5 rings (SSSR count). The van der Waals surface area contributed by atoms with Gasteiger partial charge in [-0.15, -0.1) is 0 Å². The third-order valence-electron chi connectivity index (χ3n) is 6.12. The van der Waals surface area contributed by atoms with Crippen LogP contribution in [0.3, 0.4) is 0 Å². The van der Waals surface area contributed by atoms with Gasteiger partial charge in [0.05, 0.1) is 24.5 Å². The second kappa shape index (κ2) is 8.12. The van der Waals surface area contributed by atoms with Crippen molar-refractivity contribution in [2.24, 2.45) is 0 Å². The van der Waals surface area contributed by atoms with E-state index in [1.54, 1.807) is 13.3 Å². The van der Waals surface area contributed by atoms with Crippen molar-refractivity contribution in [1.82, 2.24) is 24.6 Å². The lowest BCUT2D eigenvalue weighted by Crippen LogP contribution is -2.24. The summed E-state index contributed by atoms with van der Waals surface area (Å²) in [5, 5.41) is 5.78. The third kappa shape index (κ3) is 3.68. The van der Waals surface area contributed by atoms with Crippen molar-refractivity contribution in [1.29, 1.82) is 0 Å². The van der Waals surface area contributed by atoms with Crippen molar-refractivity contribution in [2.75, 3.05) is 13.7 Å². The van der Waals surface area contributed by atoms with E-state index < -0.39 is 0 Å². The predicted octanol–water partition coefficient (Wildman–Crippen LogP) is 4.78. The van der Waals surface area contributed by atoms with Crippen LogP contribution in [0.5, 0.6) is 5.75 Å². The summed E-state index contributed by atoms with van der Waals surface area (Å²) >= 11 is 0. The summed E-state index contributed by atoms with van der Waals surface area (Å²) < 4.78 is 7.50. The van der Waals surface area contributed by atoms with E-state index in [-0.39, 0.29) is 6.04 Å². The monoisotopic (exact) mass is 413 g/mol. The van der Waals surface area contributed by atoms with E-state index in [1.807, 2.05) is 29.8 Å². The van der Waals surface area contributed by atoms with Gasteiger partial charge in [0, 0.05) is 23.7 Å². The van der Waals surface area contributed by atoms with Crippen molar-refractivity contribution in [3.8, 4) is 11.6 Å². The van der Waals surface area contributed by atoms with E-state index in [2.05, 4.69) is 47.1 Å². The summed E-state index contributed by atoms with van der Waals surface area (Å²) in [4.78, 5) is 12.1. The number of likely N-dealkylation sites (tertiary alicyclic amines) is 1. The summed E-state index contributed by atoms with van der Waals surface area (Å²) in [5.41, 5.74) is 5.35. The molecule has 1 aliphatic heterocycles. The zero-order chi connectivity index (χ0) is 21.4. The van der Waals surface area contributed by atoms with E-state index in [0.717, 1.165) is 59.9 Å². The van der Waals surface area contributed by atoms with Gasteiger partial charge in [-0.25, -0.2) is 9.97 Å². The molecule has 4 heterocycles. The maximum Gasteiger partial charge on any atom is 0.165 e. The van der Waals surface area contributed by atoms with Gasteiger partial charge in [-0.1, -0.05) is 18.2 Å². The Morgan fingerprint density at radius 1 is 1.10 bits per heavy atom. The van der Waals surface area contributed by atoms with Gasteiger partial charge in [-0.3, -0.25) is 4.90 Å². The van der Waals surface area contributed by atoms with Crippen molar-refractivity contribution in [2.45, 2.75) is 39.3 Å². The van der Waals surface area contributed by atoms with Gasteiger partial charge in [-0.05, 0) is 69.1 Å². The van der Waals surface area contributed by atoms with E-state index in [0.29, 0.717) is 0 Å². The quantitative estimate of drug-likeness (QED) is 0.471. The van der Waals surface area contributed by atoms with Crippen LogP contribution in [0.1, 0.15) is 41.4 Å². The molecule has 0 saturated carbocycles. The molecule has 158 valence electrons. The van der Waals surface area contributed by atoms with E-state index in [1.165, 1.54) is 11.1 Å². The largest absolute Gasteiger partial charge is 0.496 e. The van der Waals surface area contributed by atoms with Gasteiger partial charge in [-0.2, -0.15) is 9.78 Å². The normalized spacial score (nSPS) is 16.8. The van der Waals surface area contributed by atoms with Gasteiger partial charge >= 0.3 is 0 Å². The fourth-order valence-electron chi connectivity index (χ4n) is 4.53. The lowest BCUT2D eigenvalue weighted by molar-refractivity contribution is 0.241. The number of methoxy groups -OCH3 is 1. The molecule has 0 aliphatic carbocycles. The molecule has 1 saturated heterocycles. The molecule has 0 amide bonds. The average molecular weight is 414 g/mol. The number of nitrogens with zero attached hydrogens (tertiary/aromatic N) is 5. The Labute approximate surface area is 182 Å². The molecule has 1 aliphatic rings. The highest BCUT2D eigenvalue weighted by Crippen LogP contribution is 2.35. The standard InChI is InChI=1S/C25H27N5O/c1-17-9-10-19(23(15-17)31-3)16-29-14-6-7-22(29)21-12-11-20-18(2)28-30(25(20)27-21)24-8-4-5-13-26-24/h4-5,8-13,15,22H,6-7,14,16H2,1-3H3. The van der Waals surface area contributed by atoms with Crippen molar-refractivity contribution in [3.63, 3.8) is 0 Å². The number of benzene rings is 1. The SMILES string of the molecule is COc1cc(C)ccc1CN1CCCC1c1ccc2c(C)nn(-c3ccccn3)c2n1. The lowest BCUT2D eigenvalue weighted by Gasteiger charge is -2.25. The highest BCUT2D eigenvalue weighted by molar-refractivity contribution is 5.79. The van der Waals surface area contributed by atoms with Crippen LogP contribution in [0, 0.1) is 13.8 Å². The zero-order valence-corrected chi connectivity index (χ0v) is 18.2. The zero-order valence-electron chi connectivity index (χ0n) is 18.2. The number of pyridine rings is 2. The topological polar surface area (TPSA) is 56.1 Å². The second-order valence-corrected chi connectivity index (χ2v) is 8.24. The summed E-state index contributed by atoms with van der Waals surface area (Å²) in [6.07, 6.45) is 4.05. The number of rotatable bonds is 5. The van der Waals surface area contributed by atoms with Crippen LogP contribution in [0.2, 0.25) is 0 Å². The van der Waals surface area contributed by atoms with Crippen LogP contribution < -0.4 is 4.74 Å². The molecule has 3 aromatic heterocycles. The number of ether oxygens (including phenoxy) is 1. The van der Waals surface area contributed by atoms with Crippen LogP contribution in [-0.4, -0.2) is 38.3 Å². The first kappa shape index (κ1) is 19.7. The second-order valence-electron chi connectivity index (χ2n) is 8.24. The highest BCUT2D eigenvalue weighted by Gasteiger charge is 2.28. The molecule has 0 spiro atoms. The molecule has 1 atom stereocenters. The Balaban J connectivity index is 1.50. The summed E-state index contributed by atoms with van der Waals surface area (Å²) in [6.45, 7) is 6.03. The average Bonchev–Trinajstić information content (AvgIpc) is 3.39. The van der Waals surface area contributed by atoms with Crippen molar-refractivity contribution in [3.05, 3.63) is 77.2 Å². The Morgan fingerprint density at radius 2 is 2.00 bits per heavy atom. The summed E-state index contributed by atoms with van der Waals surface area (Å²) in [6, 6.07) is 16.9. The maximum atomic E-state index is 5.64. The Bertz CT molecular complexity index is 1220. The van der Waals surface area contributed by atoms with Gasteiger partial charge in [0.1, 0.15) is 5.75 Å². The van der Waals surface area contributed by atoms with Crippen molar-refractivity contribution < 1.29 is 4.74 Å². The molecule has 0 N–H and O–H groups in total. The predicted molar refractivity (Wildman–Crippen MR) is 122 cm³/mol. The van der Waals surface area contributed by atoms with Crippen LogP contribution in [0.15, 0.2) is 54.7 Å². The Hall–Kier alpha value is -3.25. The first-order valence-electron chi connectivity index (χ1n) is 10.8. The maximum absolute atomic E-state index is 5.64. The molecule has 1 unspecified atom stereocenters. The third-order valence-corrected chi connectivity index (χ3v) is 6.12. The fourth-order valence-corrected chi connectivity index (χ4v) is 4.53. The van der Waals surface area contributed by atoms with Crippen LogP contribution in [0.4, 0.5) is 0 Å². The molecule has 31 heavy (non-hydrogen) atoms. The van der Waals surface area contributed by atoms with Gasteiger partial charge < -0.3 is 4.74 Å². The molecule has 0 bridgehead atoms. The minimum Gasteiger partial charge on any atom is -0.496 e. The smallest absolute Gasteiger partial charge is 0.165 e. The van der Waals surface area contributed by atoms with E-state index in [4.69, 9.17) is 14.8 Å².